The van der Waals surface area contributed by atoms with Crippen LogP contribution in [0.25, 0.3) is 23.1 Å². The van der Waals surface area contributed by atoms with E-state index in [-0.39, 0.29) is 33.5 Å². The first-order chi connectivity index (χ1) is 22.2. The molecule has 0 bridgehead atoms. The number of nitro benzene ring substituents is 1. The van der Waals surface area contributed by atoms with E-state index in [0.29, 0.717) is 37.7 Å². The molecule has 3 heterocycles. The molecule has 5 aromatic rings. The first kappa shape index (κ1) is 31.6. The number of hydrogen-bond donors (Lipinski definition) is 0. The van der Waals surface area contributed by atoms with Gasteiger partial charge in [0.2, 0.25) is 0 Å². The van der Waals surface area contributed by atoms with Crippen LogP contribution in [-0.4, -0.2) is 28.3 Å². The Hall–Kier alpha value is -4.42. The third-order valence-electron chi connectivity index (χ3n) is 7.20. The Morgan fingerprint density at radius 2 is 1.85 bits per heavy atom. The van der Waals surface area contributed by atoms with Crippen molar-refractivity contribution in [2.24, 2.45) is 4.99 Å². The van der Waals surface area contributed by atoms with E-state index in [1.165, 1.54) is 10.6 Å². The van der Waals surface area contributed by atoms with Gasteiger partial charge in [-0.3, -0.25) is 19.5 Å². The van der Waals surface area contributed by atoms with Gasteiger partial charge in [-0.2, -0.15) is 0 Å². The van der Waals surface area contributed by atoms with Crippen LogP contribution in [0.4, 0.5) is 5.69 Å². The summed E-state index contributed by atoms with van der Waals surface area (Å²) in [5, 5.41) is 11.2. The van der Waals surface area contributed by atoms with Crippen LogP contribution >= 0.6 is 46.3 Å². The molecule has 0 spiro atoms. The summed E-state index contributed by atoms with van der Waals surface area (Å²) in [6.07, 6.45) is 3.55. The number of halogens is 2. The predicted octanol–water partition coefficient (Wildman–Crippen LogP) is 7.13. The Labute approximate surface area is 280 Å². The molecule has 0 fully saturated rings. The number of carbonyl (C=O) groups excluding carboxylic acids is 1. The largest absolute Gasteiger partial charge is 0.463 e. The summed E-state index contributed by atoms with van der Waals surface area (Å²) < 4.78 is 13.3. The molecule has 0 amide bonds. The Morgan fingerprint density at radius 3 is 2.52 bits per heavy atom. The number of carbonyl (C=O) groups is 1. The van der Waals surface area contributed by atoms with Crippen molar-refractivity contribution in [3.05, 3.63) is 141 Å². The molecule has 2 aromatic heterocycles. The molecule has 9 nitrogen and oxygen atoms in total. The monoisotopic (exact) mass is 691 g/mol. The van der Waals surface area contributed by atoms with Gasteiger partial charge in [0.15, 0.2) is 4.80 Å². The Kier molecular flexibility index (Phi) is 9.01. The lowest BCUT2D eigenvalue weighted by molar-refractivity contribution is -0.384. The minimum atomic E-state index is -0.809. The molecule has 0 saturated heterocycles. The second-order valence-electron chi connectivity index (χ2n) is 9.95. The average molecular weight is 693 g/mol. The Balaban J connectivity index is 1.53. The van der Waals surface area contributed by atoms with E-state index in [9.17, 15) is 19.7 Å². The lowest BCUT2D eigenvalue weighted by Gasteiger charge is -2.26. The van der Waals surface area contributed by atoms with Crippen molar-refractivity contribution in [2.75, 3.05) is 12.9 Å². The molecule has 0 saturated carbocycles. The van der Waals surface area contributed by atoms with Gasteiger partial charge in [-0.05, 0) is 49.1 Å². The number of ether oxygens (including phenoxy) is 1. The quantitative estimate of drug-likeness (QED) is 0.0735. The van der Waals surface area contributed by atoms with Crippen LogP contribution in [0.3, 0.4) is 0 Å². The van der Waals surface area contributed by atoms with Crippen molar-refractivity contribution in [3.63, 3.8) is 0 Å². The highest BCUT2D eigenvalue weighted by molar-refractivity contribution is 7.98. The standard InChI is InChI=1S/C33H23Cl2N3O6S2/c1-3-43-32(40)28-29(18-7-5-4-6-8-18)36-33-37(30(28)19-9-12-21(45-2)13-10-19)31(39)27(46-33)15-20-11-14-26(44-20)22-16-24(35)25(38(41)42)17-23(22)34/h4-17,30H,3H2,1-2H3/b27-15+. The van der Waals surface area contributed by atoms with E-state index in [0.717, 1.165) is 27.9 Å². The van der Waals surface area contributed by atoms with Crippen molar-refractivity contribution in [2.45, 2.75) is 17.9 Å². The second kappa shape index (κ2) is 13.1. The number of esters is 1. The zero-order valence-corrected chi connectivity index (χ0v) is 27.4. The fraction of sp³-hybridized carbons (Fsp3) is 0.121. The SMILES string of the molecule is CCOC(=O)C1=C(c2ccccc2)N=c2s/c(=C/c3ccc(-c4cc(Cl)c([N+](=O)[O-])cc4Cl)o3)c(=O)n2C1c1ccc(SC)cc1. The van der Waals surface area contributed by atoms with Crippen LogP contribution in [0.15, 0.2) is 104 Å². The molecule has 0 aliphatic carbocycles. The summed E-state index contributed by atoms with van der Waals surface area (Å²) in [6, 6.07) is 22.0. The van der Waals surface area contributed by atoms with E-state index in [2.05, 4.69) is 0 Å². The van der Waals surface area contributed by atoms with Crippen molar-refractivity contribution < 1.29 is 18.9 Å². The van der Waals surface area contributed by atoms with Crippen LogP contribution in [0.1, 0.15) is 29.9 Å². The molecule has 46 heavy (non-hydrogen) atoms. The van der Waals surface area contributed by atoms with E-state index >= 15 is 0 Å². The summed E-state index contributed by atoms with van der Waals surface area (Å²) in [5.74, 6) is 0.0794. The molecule has 1 aliphatic heterocycles. The van der Waals surface area contributed by atoms with Gasteiger partial charge >= 0.3 is 5.97 Å². The van der Waals surface area contributed by atoms with E-state index in [1.807, 2.05) is 60.9 Å². The number of hydrogen-bond acceptors (Lipinski definition) is 9. The maximum Gasteiger partial charge on any atom is 0.338 e. The number of thioether (sulfide) groups is 1. The zero-order valence-electron chi connectivity index (χ0n) is 24.2. The number of fused-ring (bicyclic) bond motifs is 1. The second-order valence-corrected chi connectivity index (χ2v) is 12.7. The highest BCUT2D eigenvalue weighted by Crippen LogP contribution is 2.38. The smallest absolute Gasteiger partial charge is 0.338 e. The zero-order chi connectivity index (χ0) is 32.5. The summed E-state index contributed by atoms with van der Waals surface area (Å²) in [6.45, 7) is 1.88. The lowest BCUT2D eigenvalue weighted by Crippen LogP contribution is -2.40. The number of nitro groups is 1. The predicted molar refractivity (Wildman–Crippen MR) is 180 cm³/mol. The average Bonchev–Trinajstić information content (AvgIpc) is 3.65. The maximum absolute atomic E-state index is 14.1. The molecule has 1 aliphatic rings. The Morgan fingerprint density at radius 1 is 1.11 bits per heavy atom. The first-order valence-electron chi connectivity index (χ1n) is 13.9. The number of furan rings is 1. The van der Waals surface area contributed by atoms with Crippen LogP contribution in [0, 0.1) is 10.1 Å². The normalized spacial score (nSPS) is 14.6. The van der Waals surface area contributed by atoms with Gasteiger partial charge in [-0.25, -0.2) is 9.79 Å². The van der Waals surface area contributed by atoms with E-state index < -0.39 is 16.9 Å². The summed E-state index contributed by atoms with van der Waals surface area (Å²) in [4.78, 5) is 44.7. The highest BCUT2D eigenvalue weighted by Gasteiger charge is 2.35. The molecule has 0 N–H and O–H groups in total. The van der Waals surface area contributed by atoms with Gasteiger partial charge < -0.3 is 9.15 Å². The van der Waals surface area contributed by atoms with Gasteiger partial charge in [0, 0.05) is 28.2 Å². The van der Waals surface area contributed by atoms with Gasteiger partial charge in [0.1, 0.15) is 16.5 Å². The van der Waals surface area contributed by atoms with E-state index in [1.54, 1.807) is 36.9 Å². The van der Waals surface area contributed by atoms with Crippen LogP contribution < -0.4 is 14.9 Å². The highest BCUT2D eigenvalue weighted by atomic mass is 35.5. The molecule has 1 atom stereocenters. The van der Waals surface area contributed by atoms with Gasteiger partial charge in [-0.1, -0.05) is 77.0 Å². The number of nitrogens with zero attached hydrogens (tertiary/aromatic N) is 3. The van der Waals surface area contributed by atoms with Gasteiger partial charge in [-0.15, -0.1) is 11.8 Å². The minimum absolute atomic E-state index is 0.0869. The van der Waals surface area contributed by atoms with Crippen LogP contribution in [0.2, 0.25) is 10.0 Å². The van der Waals surface area contributed by atoms with Gasteiger partial charge in [0.05, 0.1) is 38.4 Å². The molecule has 6 rings (SSSR count). The fourth-order valence-corrected chi connectivity index (χ4v) is 6.98. The van der Waals surface area contributed by atoms with Crippen molar-refractivity contribution in [1.82, 2.24) is 4.57 Å². The van der Waals surface area contributed by atoms with Crippen LogP contribution in [0.5, 0.6) is 0 Å². The van der Waals surface area contributed by atoms with Crippen molar-refractivity contribution in [3.8, 4) is 11.3 Å². The topological polar surface area (TPSA) is 117 Å². The molecular formula is C33H23Cl2N3O6S2. The summed E-state index contributed by atoms with van der Waals surface area (Å²) in [5.41, 5.74) is 1.79. The van der Waals surface area contributed by atoms with Crippen molar-refractivity contribution >= 4 is 69.7 Å². The number of rotatable bonds is 8. The lowest BCUT2D eigenvalue weighted by atomic mass is 9.93. The number of thiazole rings is 1. The third-order valence-corrected chi connectivity index (χ3v) is 9.55. The van der Waals surface area contributed by atoms with Crippen molar-refractivity contribution in [1.29, 1.82) is 0 Å². The van der Waals surface area contributed by atoms with Gasteiger partial charge in [0.25, 0.3) is 11.2 Å². The summed E-state index contributed by atoms with van der Waals surface area (Å²) in [7, 11) is 0. The number of benzene rings is 3. The molecule has 232 valence electrons. The van der Waals surface area contributed by atoms with E-state index in [4.69, 9.17) is 37.3 Å². The fourth-order valence-electron chi connectivity index (χ4n) is 5.11. The molecule has 3 aromatic carbocycles. The molecule has 0 radical (unpaired) electrons. The molecule has 1 unspecified atom stereocenters. The Bertz CT molecular complexity index is 2210. The third kappa shape index (κ3) is 5.94. The number of aromatic nitrogens is 1. The van der Waals surface area contributed by atoms with Crippen LogP contribution in [-0.2, 0) is 9.53 Å². The summed E-state index contributed by atoms with van der Waals surface area (Å²) >= 11 is 15.2. The molecule has 13 heteroatoms. The maximum atomic E-state index is 14.1. The molecular weight excluding hydrogens is 669 g/mol. The first-order valence-corrected chi connectivity index (χ1v) is 16.7. The minimum Gasteiger partial charge on any atom is -0.463 e.